The van der Waals surface area contributed by atoms with Crippen molar-refractivity contribution in [2.45, 2.75) is 109 Å². The van der Waals surface area contributed by atoms with Crippen LogP contribution in [0.5, 0.6) is 5.75 Å². The van der Waals surface area contributed by atoms with Crippen LogP contribution in [0.3, 0.4) is 0 Å². The van der Waals surface area contributed by atoms with E-state index in [0.717, 1.165) is 31.6 Å². The summed E-state index contributed by atoms with van der Waals surface area (Å²) in [4.78, 5) is 14.2. The Morgan fingerprint density at radius 2 is 1.62 bits per heavy atom. The summed E-state index contributed by atoms with van der Waals surface area (Å²) >= 11 is 0. The number of amides is 1. The Labute approximate surface area is 229 Å². The second kappa shape index (κ2) is 11.9. The molecule has 1 N–H and O–H groups in total. The lowest BCUT2D eigenvalue weighted by molar-refractivity contribution is -0.138. The van der Waals surface area contributed by atoms with Gasteiger partial charge in [-0.15, -0.1) is 0 Å². The van der Waals surface area contributed by atoms with Crippen LogP contribution in [0.1, 0.15) is 91.0 Å². The molecule has 0 spiro atoms. The van der Waals surface area contributed by atoms with Crippen molar-refractivity contribution in [2.24, 2.45) is 11.8 Å². The van der Waals surface area contributed by atoms with Gasteiger partial charge in [0.2, 0.25) is 0 Å². The second-order valence-corrected chi connectivity index (χ2v) is 12.3. The van der Waals surface area contributed by atoms with Gasteiger partial charge in [0.15, 0.2) is 0 Å². The van der Waals surface area contributed by atoms with E-state index in [4.69, 9.17) is 9.47 Å². The quantitative estimate of drug-likeness (QED) is 0.392. The molecular weight excluding hydrogens is 507 g/mol. The largest absolute Gasteiger partial charge is 0.490 e. The molecule has 2 aliphatic carbocycles. The number of anilines is 1. The van der Waals surface area contributed by atoms with E-state index in [1.165, 1.54) is 61.3 Å². The lowest BCUT2D eigenvalue weighted by Gasteiger charge is -2.36. The van der Waals surface area contributed by atoms with Crippen LogP contribution in [0.25, 0.3) is 10.8 Å². The number of hydrogen-bond acceptors (Lipinski definition) is 4. The van der Waals surface area contributed by atoms with Gasteiger partial charge in [-0.3, -0.25) is 4.90 Å². The summed E-state index contributed by atoms with van der Waals surface area (Å²) in [6, 6.07) is 6.74. The summed E-state index contributed by atoms with van der Waals surface area (Å²) in [5.74, 6) is 1.28. The molecule has 1 unspecified atom stereocenters. The minimum Gasteiger partial charge on any atom is -0.490 e. The molecule has 0 heterocycles. The molecular formula is C31H42F3NO4. The van der Waals surface area contributed by atoms with Gasteiger partial charge in [0.25, 0.3) is 0 Å². The first-order valence-electron chi connectivity index (χ1n) is 14.3. The zero-order valence-corrected chi connectivity index (χ0v) is 23.5. The van der Waals surface area contributed by atoms with E-state index in [1.807, 2.05) is 0 Å². The molecule has 2 aromatic rings. The maximum absolute atomic E-state index is 14.4. The Morgan fingerprint density at radius 1 is 0.974 bits per heavy atom. The summed E-state index contributed by atoms with van der Waals surface area (Å²) in [7, 11) is 0. The molecule has 39 heavy (non-hydrogen) atoms. The zero-order chi connectivity index (χ0) is 28.4. The molecule has 4 rings (SSSR count). The summed E-state index contributed by atoms with van der Waals surface area (Å²) in [5, 5.41) is 10.1. The van der Waals surface area contributed by atoms with Gasteiger partial charge in [0.1, 0.15) is 16.9 Å². The van der Waals surface area contributed by atoms with E-state index in [1.54, 1.807) is 33.8 Å². The summed E-state index contributed by atoms with van der Waals surface area (Å²) in [6.07, 6.45) is 4.53. The van der Waals surface area contributed by atoms with Gasteiger partial charge in [0.05, 0.1) is 18.8 Å². The Hall–Kier alpha value is -2.48. The first-order chi connectivity index (χ1) is 18.4. The lowest BCUT2D eigenvalue weighted by Crippen LogP contribution is -2.44. The molecule has 2 aromatic carbocycles. The van der Waals surface area contributed by atoms with Crippen LogP contribution in [0.15, 0.2) is 30.3 Å². The molecule has 0 bridgehead atoms. The molecule has 0 aliphatic heterocycles. The number of rotatable bonds is 6. The predicted octanol–water partition coefficient (Wildman–Crippen LogP) is 8.50. The van der Waals surface area contributed by atoms with Gasteiger partial charge in [-0.2, -0.15) is 13.2 Å². The SMILES string of the molecule is CC(CO)N(C(=O)OC(C)(C)C)c1ccc2c(C(F)(F)F)c(OC3CCC(C4CCCCC4)CC3)ccc2c1. The minimum absolute atomic E-state index is 0.0143. The molecule has 216 valence electrons. The number of hydrogen-bond donors (Lipinski definition) is 1. The van der Waals surface area contributed by atoms with Gasteiger partial charge >= 0.3 is 12.3 Å². The number of aliphatic hydroxyl groups excluding tert-OH is 1. The van der Waals surface area contributed by atoms with Crippen molar-refractivity contribution in [3.8, 4) is 5.75 Å². The maximum atomic E-state index is 14.4. The fourth-order valence-electron chi connectivity index (χ4n) is 6.23. The van der Waals surface area contributed by atoms with E-state index < -0.39 is 29.5 Å². The van der Waals surface area contributed by atoms with Crippen LogP contribution in [-0.2, 0) is 10.9 Å². The van der Waals surface area contributed by atoms with Gasteiger partial charge in [-0.05, 0) is 94.2 Å². The molecule has 8 heteroatoms. The fraction of sp³-hybridized carbons (Fsp3) is 0.645. The Bertz CT molecular complexity index is 1130. The molecule has 2 saturated carbocycles. The zero-order valence-electron chi connectivity index (χ0n) is 23.5. The number of aliphatic hydroxyl groups is 1. The van der Waals surface area contributed by atoms with Crippen molar-refractivity contribution >= 4 is 22.6 Å². The van der Waals surface area contributed by atoms with Gasteiger partial charge in [0, 0.05) is 5.69 Å². The number of alkyl halides is 3. The van der Waals surface area contributed by atoms with Crippen molar-refractivity contribution in [3.05, 3.63) is 35.9 Å². The first-order valence-corrected chi connectivity index (χ1v) is 14.3. The van der Waals surface area contributed by atoms with Crippen LogP contribution in [0, 0.1) is 11.8 Å². The molecule has 0 aromatic heterocycles. The highest BCUT2D eigenvalue weighted by Gasteiger charge is 2.38. The van der Waals surface area contributed by atoms with Crippen LogP contribution in [-0.4, -0.2) is 35.6 Å². The highest BCUT2D eigenvalue weighted by Crippen LogP contribution is 2.44. The number of nitrogens with zero attached hydrogens (tertiary/aromatic N) is 1. The number of ether oxygens (including phenoxy) is 2. The average Bonchev–Trinajstić information content (AvgIpc) is 2.87. The number of halogens is 3. The van der Waals surface area contributed by atoms with Crippen LogP contribution >= 0.6 is 0 Å². The van der Waals surface area contributed by atoms with Gasteiger partial charge in [-0.25, -0.2) is 4.79 Å². The fourth-order valence-corrected chi connectivity index (χ4v) is 6.23. The molecule has 5 nitrogen and oxygen atoms in total. The smallest absolute Gasteiger partial charge is 0.420 e. The highest BCUT2D eigenvalue weighted by molar-refractivity contribution is 5.95. The van der Waals surface area contributed by atoms with Crippen molar-refractivity contribution in [2.75, 3.05) is 11.5 Å². The second-order valence-electron chi connectivity index (χ2n) is 12.3. The third-order valence-electron chi connectivity index (χ3n) is 8.15. The van der Waals surface area contributed by atoms with E-state index in [-0.39, 0.29) is 23.8 Å². The maximum Gasteiger partial charge on any atom is 0.420 e. The van der Waals surface area contributed by atoms with E-state index in [9.17, 15) is 23.1 Å². The summed E-state index contributed by atoms with van der Waals surface area (Å²) in [6.45, 7) is 6.50. The van der Waals surface area contributed by atoms with E-state index in [2.05, 4.69) is 0 Å². The van der Waals surface area contributed by atoms with Crippen molar-refractivity contribution < 1.29 is 32.5 Å². The average molecular weight is 550 g/mol. The minimum atomic E-state index is -4.61. The van der Waals surface area contributed by atoms with E-state index >= 15 is 0 Å². The lowest BCUT2D eigenvalue weighted by atomic mass is 9.73. The normalized spacial score (nSPS) is 21.9. The topological polar surface area (TPSA) is 59.0 Å². The summed E-state index contributed by atoms with van der Waals surface area (Å²) < 4.78 is 54.7. The van der Waals surface area contributed by atoms with E-state index in [0.29, 0.717) is 17.0 Å². The molecule has 1 atom stereocenters. The van der Waals surface area contributed by atoms with Crippen LogP contribution < -0.4 is 9.64 Å². The van der Waals surface area contributed by atoms with Crippen molar-refractivity contribution in [3.63, 3.8) is 0 Å². The molecule has 2 fully saturated rings. The molecule has 0 saturated heterocycles. The highest BCUT2D eigenvalue weighted by atomic mass is 19.4. The Balaban J connectivity index is 1.59. The number of fused-ring (bicyclic) bond motifs is 1. The Morgan fingerprint density at radius 3 is 2.21 bits per heavy atom. The van der Waals surface area contributed by atoms with Crippen LogP contribution in [0.2, 0.25) is 0 Å². The number of carbonyl (C=O) groups excluding carboxylic acids is 1. The van der Waals surface area contributed by atoms with Gasteiger partial charge < -0.3 is 14.6 Å². The first kappa shape index (κ1) is 29.5. The standard InChI is InChI=1S/C31H42F3NO4/c1-20(19-36)35(29(37)39-30(2,3)4)24-13-16-26-23(18-24)12-17-27(28(26)31(32,33)34)38-25-14-10-22(11-15-25)21-8-6-5-7-9-21/h12-13,16-18,20-22,25,36H,5-11,14-15,19H2,1-4H3. The monoisotopic (exact) mass is 549 g/mol. The van der Waals surface area contributed by atoms with Crippen molar-refractivity contribution in [1.29, 1.82) is 0 Å². The number of carbonyl (C=O) groups is 1. The summed E-state index contributed by atoms with van der Waals surface area (Å²) in [5.41, 5.74) is -1.21. The molecule has 2 aliphatic rings. The van der Waals surface area contributed by atoms with Crippen LogP contribution in [0.4, 0.5) is 23.7 Å². The third-order valence-corrected chi connectivity index (χ3v) is 8.15. The predicted molar refractivity (Wildman–Crippen MR) is 147 cm³/mol. The third kappa shape index (κ3) is 7.19. The number of benzene rings is 2. The van der Waals surface area contributed by atoms with Crippen molar-refractivity contribution in [1.82, 2.24) is 0 Å². The Kier molecular flexibility index (Phi) is 9.04. The van der Waals surface area contributed by atoms with Gasteiger partial charge in [-0.1, -0.05) is 44.2 Å². The molecule has 0 radical (unpaired) electrons. The molecule has 1 amide bonds.